The first-order valence-corrected chi connectivity index (χ1v) is 2.96. The molecule has 58 valence electrons. The van der Waals surface area contributed by atoms with E-state index >= 15 is 0 Å². The van der Waals surface area contributed by atoms with Gasteiger partial charge < -0.3 is 15.5 Å². The van der Waals surface area contributed by atoms with Gasteiger partial charge in [-0.15, -0.1) is 5.01 Å². The molecule has 1 rings (SSSR count). The number of aliphatic hydroxyl groups excluding tert-OH is 1. The maximum absolute atomic E-state index is 10.4. The van der Waals surface area contributed by atoms with Gasteiger partial charge in [0.05, 0.1) is 18.1 Å². The lowest BCUT2D eigenvalue weighted by Crippen LogP contribution is -2.51. The van der Waals surface area contributed by atoms with Gasteiger partial charge in [0, 0.05) is 12.5 Å². The van der Waals surface area contributed by atoms with Crippen LogP contribution in [0.1, 0.15) is 0 Å². The summed E-state index contributed by atoms with van der Waals surface area (Å²) in [6.07, 6.45) is 0. The fourth-order valence-corrected chi connectivity index (χ4v) is 0.854. The van der Waals surface area contributed by atoms with Crippen LogP contribution in [-0.2, 0) is 0 Å². The predicted octanol–water partition coefficient (Wildman–Crippen LogP) is -0.823. The third kappa shape index (κ3) is 1.10. The summed E-state index contributed by atoms with van der Waals surface area (Å²) in [5.41, 5.74) is 0. The van der Waals surface area contributed by atoms with Crippen molar-refractivity contribution in [3.8, 4) is 0 Å². The summed E-state index contributed by atoms with van der Waals surface area (Å²) >= 11 is 0. The highest BCUT2D eigenvalue weighted by Gasteiger charge is 2.32. The topological polar surface area (TPSA) is 82.1 Å². The van der Waals surface area contributed by atoms with Crippen molar-refractivity contribution < 1.29 is 15.3 Å². The smallest absolute Gasteiger partial charge is 0.230 e. The van der Waals surface area contributed by atoms with Gasteiger partial charge in [0.25, 0.3) is 0 Å². The zero-order valence-corrected chi connectivity index (χ0v) is 5.34. The summed E-state index contributed by atoms with van der Waals surface area (Å²) in [6, 6.07) is 0. The van der Waals surface area contributed by atoms with Gasteiger partial charge in [0.1, 0.15) is 0 Å². The van der Waals surface area contributed by atoms with Crippen LogP contribution < -0.4 is 0 Å². The van der Waals surface area contributed by atoms with Crippen LogP contribution in [0.25, 0.3) is 0 Å². The number of hydrogen-bond donors (Lipinski definition) is 2. The van der Waals surface area contributed by atoms with Crippen LogP contribution in [0.3, 0.4) is 0 Å². The second kappa shape index (κ2) is 2.70. The Hall–Kier alpha value is -1.04. The van der Waals surface area contributed by atoms with E-state index in [2.05, 4.69) is 5.28 Å². The molecule has 6 nitrogen and oxygen atoms in total. The summed E-state index contributed by atoms with van der Waals surface area (Å²) in [6.45, 7) is 1.00. The molecule has 0 radical (unpaired) electrons. The minimum Gasteiger partial charge on any atom is -0.569 e. The fraction of sp³-hybridized carbons (Fsp3) is 1.00. The number of aliphatic hydroxyl groups is 1. The molecule has 0 unspecified atom stereocenters. The van der Waals surface area contributed by atoms with E-state index in [-0.39, 0.29) is 17.5 Å². The monoisotopic (exact) mass is 147 g/mol. The number of rotatable bonds is 2. The lowest BCUT2D eigenvalue weighted by atomic mass is 10.0. The molecule has 0 aromatic carbocycles. The lowest BCUT2D eigenvalue weighted by molar-refractivity contribution is -0.725. The van der Waals surface area contributed by atoms with Crippen LogP contribution in [0, 0.1) is 11.1 Å². The molecule has 1 aliphatic heterocycles. The Bertz CT molecular complexity index is 143. The molecule has 0 bridgehead atoms. The molecule has 1 heterocycles. The molecule has 10 heavy (non-hydrogen) atoms. The van der Waals surface area contributed by atoms with Gasteiger partial charge in [0.15, 0.2) is 0 Å². The van der Waals surface area contributed by atoms with Crippen molar-refractivity contribution in [2.45, 2.75) is 0 Å². The van der Waals surface area contributed by atoms with Crippen molar-refractivity contribution in [3.05, 3.63) is 5.21 Å². The molecule has 0 aliphatic carbocycles. The summed E-state index contributed by atoms with van der Waals surface area (Å²) in [4.78, 5) is 0.117. The molecule has 1 aliphatic rings. The number of hydrazine groups is 1. The third-order valence-corrected chi connectivity index (χ3v) is 1.51. The van der Waals surface area contributed by atoms with Crippen LogP contribution >= 0.6 is 0 Å². The highest BCUT2D eigenvalue weighted by Crippen LogP contribution is 2.13. The Morgan fingerprint density at radius 3 is 2.70 bits per heavy atom. The quantitative estimate of drug-likeness (QED) is 0.303. The Morgan fingerprint density at radius 2 is 2.30 bits per heavy atom. The van der Waals surface area contributed by atoms with Crippen LogP contribution in [0.15, 0.2) is 5.28 Å². The van der Waals surface area contributed by atoms with Gasteiger partial charge >= 0.3 is 0 Å². The van der Waals surface area contributed by atoms with E-state index < -0.39 is 0 Å². The van der Waals surface area contributed by atoms with Crippen LogP contribution in [-0.4, -0.2) is 40.0 Å². The summed E-state index contributed by atoms with van der Waals surface area (Å²) in [5.74, 6) is 0.151. The van der Waals surface area contributed by atoms with Gasteiger partial charge in [-0.05, 0) is 0 Å². The molecule has 2 N–H and O–H groups in total. The van der Waals surface area contributed by atoms with Crippen LogP contribution in [0.4, 0.5) is 0 Å². The average Bonchev–Trinajstić information content (AvgIpc) is 1.85. The third-order valence-electron chi connectivity index (χ3n) is 1.51. The summed E-state index contributed by atoms with van der Waals surface area (Å²) < 4.78 is 0. The van der Waals surface area contributed by atoms with Crippen molar-refractivity contribution in [2.24, 2.45) is 11.2 Å². The van der Waals surface area contributed by atoms with E-state index in [1.807, 2.05) is 0 Å². The van der Waals surface area contributed by atoms with E-state index in [1.165, 1.54) is 5.01 Å². The molecular weight excluding hydrogens is 138 g/mol. The minimum absolute atomic E-state index is 0.0791. The second-order valence-electron chi connectivity index (χ2n) is 2.26. The van der Waals surface area contributed by atoms with E-state index in [9.17, 15) is 5.21 Å². The predicted molar refractivity (Wildman–Crippen MR) is 30.0 cm³/mol. The second-order valence-corrected chi connectivity index (χ2v) is 2.26. The SMILES string of the molecule is [O-][N+](=NO)N1CC(CO)C1. The fourth-order valence-electron chi connectivity index (χ4n) is 0.854. The molecule has 0 spiro atoms. The first-order valence-electron chi connectivity index (χ1n) is 2.96. The Labute approximate surface area is 57.5 Å². The largest absolute Gasteiger partial charge is 0.569 e. The normalized spacial score (nSPS) is 20.9. The number of hydrogen-bond acceptors (Lipinski definition) is 3. The zero-order valence-electron chi connectivity index (χ0n) is 5.34. The highest BCUT2D eigenvalue weighted by atomic mass is 16.6. The highest BCUT2D eigenvalue weighted by molar-refractivity contribution is 4.71. The van der Waals surface area contributed by atoms with E-state index in [0.717, 1.165) is 0 Å². The first-order chi connectivity index (χ1) is 4.77. The Balaban J connectivity index is 2.26. The first kappa shape index (κ1) is 7.07. The average molecular weight is 147 g/mol. The van der Waals surface area contributed by atoms with Crippen molar-refractivity contribution >= 4 is 0 Å². The molecule has 1 fully saturated rings. The van der Waals surface area contributed by atoms with Gasteiger partial charge in [-0.1, -0.05) is 0 Å². The summed E-state index contributed by atoms with van der Waals surface area (Å²) in [5, 5.41) is 30.6. The van der Waals surface area contributed by atoms with Gasteiger partial charge in [-0.25, -0.2) is 0 Å². The Kier molecular flexibility index (Phi) is 1.91. The van der Waals surface area contributed by atoms with Crippen LogP contribution in [0.5, 0.6) is 0 Å². The van der Waals surface area contributed by atoms with Gasteiger partial charge in [-0.2, -0.15) is 0 Å². The van der Waals surface area contributed by atoms with Crippen molar-refractivity contribution in [3.63, 3.8) is 0 Å². The van der Waals surface area contributed by atoms with Crippen LogP contribution in [0.2, 0.25) is 0 Å². The molecule has 0 aromatic rings. The molecule has 0 saturated carbocycles. The molecule has 6 heteroatoms. The molecular formula is C4H9N3O3. The van der Waals surface area contributed by atoms with Gasteiger partial charge in [-0.3, -0.25) is 0 Å². The Morgan fingerprint density at radius 1 is 1.70 bits per heavy atom. The van der Waals surface area contributed by atoms with Crippen molar-refractivity contribution in [1.29, 1.82) is 0 Å². The molecule has 0 aromatic heterocycles. The molecule has 0 amide bonds. The van der Waals surface area contributed by atoms with Crippen molar-refractivity contribution in [1.82, 2.24) is 5.01 Å². The van der Waals surface area contributed by atoms with E-state index in [0.29, 0.717) is 13.1 Å². The maximum Gasteiger partial charge on any atom is 0.230 e. The standard InChI is InChI=1S/C4H9N3O3/c8-3-4-1-6(2-4)7(10)5-9/h4,8-9H,1-3H2. The number of nitrogens with zero attached hydrogens (tertiary/aromatic N) is 3. The van der Waals surface area contributed by atoms with E-state index in [1.54, 1.807) is 0 Å². The maximum atomic E-state index is 10.4. The van der Waals surface area contributed by atoms with E-state index in [4.69, 9.17) is 10.3 Å². The zero-order chi connectivity index (χ0) is 7.56. The summed E-state index contributed by atoms with van der Waals surface area (Å²) in [7, 11) is 0. The lowest BCUT2D eigenvalue weighted by Gasteiger charge is -2.32. The van der Waals surface area contributed by atoms with Crippen molar-refractivity contribution in [2.75, 3.05) is 19.7 Å². The molecule has 0 atom stereocenters. The minimum atomic E-state index is 0.0791. The molecule has 1 saturated heterocycles. The van der Waals surface area contributed by atoms with Gasteiger partial charge in [0.2, 0.25) is 5.28 Å².